The number of anilines is 1. The molecule has 2 aromatic carbocycles. The van der Waals surface area contributed by atoms with Crippen LogP contribution in [0, 0.1) is 0 Å². The van der Waals surface area contributed by atoms with Crippen LogP contribution < -0.4 is 9.04 Å². The third kappa shape index (κ3) is 6.45. The predicted octanol–water partition coefficient (Wildman–Crippen LogP) is 1.59. The lowest BCUT2D eigenvalue weighted by atomic mass is 10.1. The maximum Gasteiger partial charge on any atom is 0.338 e. The lowest BCUT2D eigenvalue weighted by molar-refractivity contribution is -0.131. The van der Waals surface area contributed by atoms with Gasteiger partial charge in [-0.1, -0.05) is 30.3 Å². The van der Waals surface area contributed by atoms with Gasteiger partial charge in [-0.3, -0.25) is 9.10 Å². The minimum Gasteiger partial charge on any atom is -0.495 e. The molecule has 0 aromatic heterocycles. The number of carbonyl (C=O) groups is 2. The van der Waals surface area contributed by atoms with Crippen LogP contribution in [0.2, 0.25) is 0 Å². The SMILES string of the molecule is COc1ccc(C(=O)OCc2ccccc2)cc1N(CC(=O)N1CCN(C)CC1)S(C)(=O)=O. The fourth-order valence-corrected chi connectivity index (χ4v) is 4.32. The Kier molecular flexibility index (Phi) is 7.93. The third-order valence-electron chi connectivity index (χ3n) is 5.43. The Labute approximate surface area is 194 Å². The Balaban J connectivity index is 1.83. The van der Waals surface area contributed by atoms with Crippen LogP contribution in [0.25, 0.3) is 0 Å². The molecule has 0 radical (unpaired) electrons. The zero-order valence-electron chi connectivity index (χ0n) is 19.1. The quantitative estimate of drug-likeness (QED) is 0.535. The van der Waals surface area contributed by atoms with Crippen molar-refractivity contribution in [3.63, 3.8) is 0 Å². The fourth-order valence-electron chi connectivity index (χ4n) is 3.48. The molecule has 1 aliphatic rings. The zero-order valence-corrected chi connectivity index (χ0v) is 19.9. The van der Waals surface area contributed by atoms with Crippen molar-refractivity contribution in [1.82, 2.24) is 9.80 Å². The summed E-state index contributed by atoms with van der Waals surface area (Å²) in [4.78, 5) is 29.3. The van der Waals surface area contributed by atoms with Gasteiger partial charge in [-0.2, -0.15) is 0 Å². The first kappa shape index (κ1) is 24.5. The van der Waals surface area contributed by atoms with Crippen molar-refractivity contribution in [3.05, 3.63) is 59.7 Å². The smallest absolute Gasteiger partial charge is 0.338 e. The third-order valence-corrected chi connectivity index (χ3v) is 6.56. The first-order valence-corrected chi connectivity index (χ1v) is 12.4. The van der Waals surface area contributed by atoms with Gasteiger partial charge in [0.15, 0.2) is 0 Å². The highest BCUT2D eigenvalue weighted by atomic mass is 32.2. The van der Waals surface area contributed by atoms with Crippen molar-refractivity contribution < 1.29 is 27.5 Å². The first-order chi connectivity index (χ1) is 15.7. The summed E-state index contributed by atoms with van der Waals surface area (Å²) in [5, 5.41) is 0. The highest BCUT2D eigenvalue weighted by Crippen LogP contribution is 2.31. The second-order valence-corrected chi connectivity index (χ2v) is 9.81. The van der Waals surface area contributed by atoms with E-state index in [0.717, 1.165) is 29.2 Å². The minimum absolute atomic E-state index is 0.0821. The van der Waals surface area contributed by atoms with Gasteiger partial charge in [-0.05, 0) is 30.8 Å². The molecule has 0 spiro atoms. The van der Waals surface area contributed by atoms with E-state index in [4.69, 9.17) is 9.47 Å². The number of rotatable bonds is 8. The molecule has 10 heteroatoms. The molecule has 3 rings (SSSR count). The van der Waals surface area contributed by atoms with E-state index in [0.29, 0.717) is 13.1 Å². The zero-order chi connectivity index (χ0) is 24.0. The van der Waals surface area contributed by atoms with E-state index in [1.807, 2.05) is 37.4 Å². The summed E-state index contributed by atoms with van der Waals surface area (Å²) < 4.78 is 37.0. The Morgan fingerprint density at radius 3 is 2.30 bits per heavy atom. The molecule has 0 saturated carbocycles. The molecule has 1 fully saturated rings. The highest BCUT2D eigenvalue weighted by molar-refractivity contribution is 7.92. The van der Waals surface area contributed by atoms with Crippen molar-refractivity contribution in [3.8, 4) is 5.75 Å². The Hall–Kier alpha value is -3.11. The van der Waals surface area contributed by atoms with Gasteiger partial charge in [0.05, 0.1) is 24.6 Å². The second kappa shape index (κ2) is 10.7. The molecular formula is C23H29N3O6S. The van der Waals surface area contributed by atoms with Crippen LogP contribution in [0.3, 0.4) is 0 Å². The summed E-state index contributed by atoms with van der Waals surface area (Å²) in [6.07, 6.45) is 1.02. The van der Waals surface area contributed by atoms with Crippen LogP contribution in [-0.4, -0.2) is 83.2 Å². The van der Waals surface area contributed by atoms with E-state index in [9.17, 15) is 18.0 Å². The molecule has 1 heterocycles. The summed E-state index contributed by atoms with van der Waals surface area (Å²) >= 11 is 0. The molecule has 178 valence electrons. The van der Waals surface area contributed by atoms with Crippen molar-refractivity contribution in [2.75, 3.05) is 57.4 Å². The van der Waals surface area contributed by atoms with Gasteiger partial charge >= 0.3 is 5.97 Å². The summed E-state index contributed by atoms with van der Waals surface area (Å²) in [5.74, 6) is -0.694. The Morgan fingerprint density at radius 1 is 1.03 bits per heavy atom. The van der Waals surface area contributed by atoms with Gasteiger partial charge in [0.2, 0.25) is 15.9 Å². The maximum atomic E-state index is 12.9. The molecule has 33 heavy (non-hydrogen) atoms. The van der Waals surface area contributed by atoms with Crippen molar-refractivity contribution >= 4 is 27.6 Å². The predicted molar refractivity (Wildman–Crippen MR) is 125 cm³/mol. The number of nitrogens with zero attached hydrogens (tertiary/aromatic N) is 3. The van der Waals surface area contributed by atoms with Crippen LogP contribution in [0.5, 0.6) is 5.75 Å². The summed E-state index contributed by atoms with van der Waals surface area (Å²) in [7, 11) is -0.482. The van der Waals surface area contributed by atoms with Crippen molar-refractivity contribution in [2.24, 2.45) is 0 Å². The topological polar surface area (TPSA) is 96.5 Å². The molecule has 9 nitrogen and oxygen atoms in total. The number of sulfonamides is 1. The Bertz CT molecular complexity index is 1080. The monoisotopic (exact) mass is 475 g/mol. The fraction of sp³-hybridized carbons (Fsp3) is 0.391. The average Bonchev–Trinajstić information content (AvgIpc) is 2.80. The first-order valence-electron chi connectivity index (χ1n) is 10.5. The van der Waals surface area contributed by atoms with Gasteiger partial charge in [0.25, 0.3) is 0 Å². The molecule has 1 amide bonds. The Morgan fingerprint density at radius 2 is 1.70 bits per heavy atom. The summed E-state index contributed by atoms with van der Waals surface area (Å²) in [5.41, 5.74) is 1.09. The van der Waals surface area contributed by atoms with Gasteiger partial charge < -0.3 is 19.3 Å². The molecule has 1 saturated heterocycles. The highest BCUT2D eigenvalue weighted by Gasteiger charge is 2.28. The number of ether oxygens (including phenoxy) is 2. The lowest BCUT2D eigenvalue weighted by Crippen LogP contribution is -2.50. The van der Waals surface area contributed by atoms with E-state index in [-0.39, 0.29) is 36.1 Å². The van der Waals surface area contributed by atoms with Crippen LogP contribution in [-0.2, 0) is 26.2 Å². The molecule has 0 N–H and O–H groups in total. The number of carbonyl (C=O) groups excluding carboxylic acids is 2. The average molecular weight is 476 g/mol. The number of hydrogen-bond acceptors (Lipinski definition) is 7. The second-order valence-electron chi connectivity index (χ2n) is 7.90. The number of piperazine rings is 1. The van der Waals surface area contributed by atoms with Gasteiger partial charge in [-0.15, -0.1) is 0 Å². The molecule has 0 unspecified atom stereocenters. The van der Waals surface area contributed by atoms with Crippen LogP contribution in [0.1, 0.15) is 15.9 Å². The number of amides is 1. The largest absolute Gasteiger partial charge is 0.495 e. The minimum atomic E-state index is -3.85. The molecular weight excluding hydrogens is 446 g/mol. The van der Waals surface area contributed by atoms with Crippen LogP contribution in [0.4, 0.5) is 5.69 Å². The van der Waals surface area contributed by atoms with E-state index in [1.165, 1.54) is 25.3 Å². The summed E-state index contributed by atoms with van der Waals surface area (Å²) in [6.45, 7) is 2.18. The maximum absolute atomic E-state index is 12.9. The van der Waals surface area contributed by atoms with E-state index < -0.39 is 16.0 Å². The summed E-state index contributed by atoms with van der Waals surface area (Å²) in [6, 6.07) is 13.6. The van der Waals surface area contributed by atoms with Crippen molar-refractivity contribution in [1.29, 1.82) is 0 Å². The molecule has 2 aromatic rings. The normalized spacial score (nSPS) is 14.6. The number of methoxy groups -OCH3 is 1. The lowest BCUT2D eigenvalue weighted by Gasteiger charge is -2.34. The van der Waals surface area contributed by atoms with Crippen LogP contribution in [0.15, 0.2) is 48.5 Å². The van der Waals surface area contributed by atoms with Crippen molar-refractivity contribution in [2.45, 2.75) is 6.61 Å². The molecule has 0 bridgehead atoms. The number of likely N-dealkylation sites (N-methyl/N-ethyl adjacent to an activating group) is 1. The van der Waals surface area contributed by atoms with E-state index in [2.05, 4.69) is 4.90 Å². The van der Waals surface area contributed by atoms with Gasteiger partial charge in [0, 0.05) is 26.2 Å². The number of esters is 1. The van der Waals surface area contributed by atoms with E-state index in [1.54, 1.807) is 4.90 Å². The number of benzene rings is 2. The standard InChI is InChI=1S/C23H29N3O6S/c1-24-11-13-25(14-12-24)22(27)16-26(33(3,29)30)20-15-19(9-10-21(20)31-2)23(28)32-17-18-7-5-4-6-8-18/h4-10,15H,11-14,16-17H2,1-3H3. The molecule has 1 aliphatic heterocycles. The molecule has 0 atom stereocenters. The number of hydrogen-bond donors (Lipinski definition) is 0. The van der Waals surface area contributed by atoms with Gasteiger partial charge in [0.1, 0.15) is 18.9 Å². The van der Waals surface area contributed by atoms with Gasteiger partial charge in [-0.25, -0.2) is 13.2 Å². The molecule has 0 aliphatic carbocycles. The van der Waals surface area contributed by atoms with E-state index >= 15 is 0 Å². The van der Waals surface area contributed by atoms with Crippen LogP contribution >= 0.6 is 0 Å².